The first-order chi connectivity index (χ1) is 26.7. The van der Waals surface area contributed by atoms with Crippen LogP contribution in [0.2, 0.25) is 0 Å². The lowest BCUT2D eigenvalue weighted by Gasteiger charge is -2.26. The zero-order valence-electron chi connectivity index (χ0n) is 31.2. The van der Waals surface area contributed by atoms with Crippen LogP contribution in [0.3, 0.4) is 0 Å². The maximum absolute atomic E-state index is 13.4. The summed E-state index contributed by atoms with van der Waals surface area (Å²) in [6.07, 6.45) is 8.20. The second-order valence-corrected chi connectivity index (χ2v) is 14.6. The summed E-state index contributed by atoms with van der Waals surface area (Å²) in [6, 6.07) is 19.6. The smallest absolute Gasteiger partial charge is 0.330 e. The van der Waals surface area contributed by atoms with Crippen molar-refractivity contribution in [1.82, 2.24) is 4.98 Å². The number of carbonyl (C=O) groups excluding carboxylic acids is 4. The average molecular weight is 770 g/mol. The molecule has 1 aliphatic rings. The van der Waals surface area contributed by atoms with Gasteiger partial charge in [0.2, 0.25) is 5.13 Å². The van der Waals surface area contributed by atoms with Gasteiger partial charge in [-0.25, -0.2) is 14.8 Å². The summed E-state index contributed by atoms with van der Waals surface area (Å²) in [5.41, 5.74) is 1.34. The van der Waals surface area contributed by atoms with E-state index in [-0.39, 0.29) is 29.3 Å². The molecule has 1 aliphatic carbocycles. The van der Waals surface area contributed by atoms with E-state index in [0.717, 1.165) is 47.1 Å². The molecule has 0 amide bonds. The van der Waals surface area contributed by atoms with Crippen molar-refractivity contribution in [3.05, 3.63) is 84.9 Å². The number of unbranched alkanes of at least 4 members (excludes halogenated alkanes) is 3. The van der Waals surface area contributed by atoms with Crippen LogP contribution in [0.25, 0.3) is 10.2 Å². The summed E-state index contributed by atoms with van der Waals surface area (Å²) in [4.78, 5) is 53.3. The summed E-state index contributed by atoms with van der Waals surface area (Å²) in [5, 5.41) is 7.28. The second kappa shape index (κ2) is 20.8. The highest BCUT2D eigenvalue weighted by atomic mass is 32.1. The number of anilines is 1. The Morgan fingerprint density at radius 2 is 1.53 bits per heavy atom. The Kier molecular flexibility index (Phi) is 15.3. The largest absolute Gasteiger partial charge is 0.494 e. The Balaban J connectivity index is 1.10. The van der Waals surface area contributed by atoms with Crippen molar-refractivity contribution in [3.8, 4) is 23.0 Å². The van der Waals surface area contributed by atoms with Gasteiger partial charge < -0.3 is 23.7 Å². The number of hydrazone groups is 1. The number of esters is 3. The zero-order valence-corrected chi connectivity index (χ0v) is 32.0. The molecule has 4 aromatic rings. The Bertz CT molecular complexity index is 1900. The minimum absolute atomic E-state index is 0.276. The van der Waals surface area contributed by atoms with Crippen LogP contribution < -0.4 is 24.0 Å². The lowest BCUT2D eigenvalue weighted by molar-refractivity contribution is -0.145. The summed E-state index contributed by atoms with van der Waals surface area (Å²) in [7, 11) is 0. The van der Waals surface area contributed by atoms with Crippen LogP contribution in [0.1, 0.15) is 70.8 Å². The molecule has 1 fully saturated rings. The molecule has 290 valence electrons. The van der Waals surface area contributed by atoms with Gasteiger partial charge in [0.25, 0.3) is 6.47 Å². The van der Waals surface area contributed by atoms with Crippen molar-refractivity contribution in [2.45, 2.75) is 65.2 Å². The molecule has 55 heavy (non-hydrogen) atoms. The van der Waals surface area contributed by atoms with E-state index in [0.29, 0.717) is 69.0 Å². The number of hydrogen-bond acceptors (Lipinski definition) is 13. The molecule has 0 unspecified atom stereocenters. The third kappa shape index (κ3) is 12.5. The van der Waals surface area contributed by atoms with Crippen LogP contribution in [-0.4, -0.2) is 55.3 Å². The molecule has 1 aromatic heterocycles. The molecule has 0 radical (unpaired) electrons. The van der Waals surface area contributed by atoms with Gasteiger partial charge in [-0.05, 0) is 112 Å². The summed E-state index contributed by atoms with van der Waals surface area (Å²) >= 11 is 1.53. The fraction of sp³-hybridized carbons (Fsp3) is 0.381. The topological polar surface area (TPSA) is 143 Å². The third-order valence-corrected chi connectivity index (χ3v) is 9.96. The molecule has 3 aromatic carbocycles. The highest BCUT2D eigenvalue weighted by molar-refractivity contribution is 7.22. The molecule has 0 spiro atoms. The molecule has 5 rings (SSSR count). The fourth-order valence-corrected chi connectivity index (χ4v) is 6.94. The van der Waals surface area contributed by atoms with E-state index >= 15 is 0 Å². The number of para-hydroxylation sites is 1. The number of hydrogen-bond donors (Lipinski definition) is 0. The molecule has 1 saturated carbocycles. The molecule has 13 heteroatoms. The first-order valence-electron chi connectivity index (χ1n) is 18.6. The number of ether oxygens (including phenoxy) is 5. The molecule has 0 N–H and O–H groups in total. The van der Waals surface area contributed by atoms with Crippen molar-refractivity contribution in [1.29, 1.82) is 0 Å². The number of benzene rings is 3. The number of aromatic nitrogens is 1. The predicted molar refractivity (Wildman–Crippen MR) is 211 cm³/mol. The van der Waals surface area contributed by atoms with Crippen molar-refractivity contribution >= 4 is 57.3 Å². The van der Waals surface area contributed by atoms with E-state index in [4.69, 9.17) is 33.8 Å². The Morgan fingerprint density at radius 3 is 2.20 bits per heavy atom. The van der Waals surface area contributed by atoms with Crippen LogP contribution >= 0.6 is 11.3 Å². The minimum Gasteiger partial charge on any atom is -0.494 e. The van der Waals surface area contributed by atoms with Gasteiger partial charge in [0.05, 0.1) is 41.5 Å². The van der Waals surface area contributed by atoms with E-state index in [1.165, 1.54) is 11.3 Å². The molecule has 12 nitrogen and oxygen atoms in total. The number of rotatable bonds is 20. The number of fused-ring (bicyclic) bond motifs is 1. The molecular formula is C42H47N3O9S. The van der Waals surface area contributed by atoms with E-state index in [1.807, 2.05) is 29.3 Å². The normalized spacial score (nSPS) is 15.4. The fourth-order valence-electron chi connectivity index (χ4n) is 6.01. The summed E-state index contributed by atoms with van der Waals surface area (Å²) in [6.45, 7) is 9.43. The van der Waals surface area contributed by atoms with Crippen molar-refractivity contribution < 1.29 is 42.9 Å². The molecule has 0 bridgehead atoms. The minimum atomic E-state index is -0.403. The zero-order chi connectivity index (χ0) is 39.0. The Morgan fingerprint density at radius 1 is 0.873 bits per heavy atom. The maximum atomic E-state index is 13.4. The van der Waals surface area contributed by atoms with Crippen molar-refractivity contribution in [2.24, 2.45) is 22.9 Å². The third-order valence-electron chi connectivity index (χ3n) is 8.91. The van der Waals surface area contributed by atoms with Crippen LogP contribution in [-0.2, 0) is 23.9 Å². The van der Waals surface area contributed by atoms with Crippen molar-refractivity contribution in [2.75, 3.05) is 24.8 Å². The Hall–Kier alpha value is -5.56. The van der Waals surface area contributed by atoms with E-state index < -0.39 is 17.9 Å². The van der Waals surface area contributed by atoms with Gasteiger partial charge in [-0.3, -0.25) is 14.4 Å². The standard InChI is InChI=1S/C42H47N3O9S/c1-4-39(47)51-24-10-6-5-9-23-50-33-17-19-34(20-18-33)53-40(48)30-13-15-31(16-14-30)41(49)54-37-22-21-35(52-28-46)25-32(37)26-43-45(27-29(2)3)42-44-36-11-7-8-12-38(36)55-42/h4,7-8,11-12,17-22,25-26,28-31H,1,5-6,9-10,13-16,23-24,27H2,2-3H3/b43-26+/t30-,31-. The lowest BCUT2D eigenvalue weighted by Crippen LogP contribution is -2.30. The highest BCUT2D eigenvalue weighted by Crippen LogP contribution is 2.33. The van der Waals surface area contributed by atoms with Gasteiger partial charge in [-0.1, -0.05) is 43.9 Å². The first-order valence-corrected chi connectivity index (χ1v) is 19.4. The molecule has 0 saturated heterocycles. The quantitative estimate of drug-likeness (QED) is 0.0163. The van der Waals surface area contributed by atoms with Crippen molar-refractivity contribution in [3.63, 3.8) is 0 Å². The monoisotopic (exact) mass is 769 g/mol. The van der Waals surface area contributed by atoms with Gasteiger partial charge in [0.15, 0.2) is 0 Å². The molecule has 1 heterocycles. The van der Waals surface area contributed by atoms with Gasteiger partial charge in [0, 0.05) is 18.2 Å². The SMILES string of the molecule is C=CC(=O)OCCCCCCOc1ccc(OC(=O)[C@H]2CC[C@H](C(=O)Oc3ccc(OC=O)cc3/C=N/N(CC(C)C)c3nc4ccccc4s3)CC2)cc1. The molecule has 0 atom stereocenters. The Labute approximate surface area is 325 Å². The van der Waals surface area contributed by atoms with Crippen LogP contribution in [0.15, 0.2) is 84.5 Å². The van der Waals surface area contributed by atoms with Crippen LogP contribution in [0, 0.1) is 17.8 Å². The summed E-state index contributed by atoms with van der Waals surface area (Å²) in [5.74, 6) is 0.0749. The number of nitrogens with zero attached hydrogens (tertiary/aromatic N) is 3. The highest BCUT2D eigenvalue weighted by Gasteiger charge is 2.32. The van der Waals surface area contributed by atoms with Gasteiger partial charge in [-0.15, -0.1) is 0 Å². The van der Waals surface area contributed by atoms with Gasteiger partial charge in [0.1, 0.15) is 23.0 Å². The number of thiazole rings is 1. The van der Waals surface area contributed by atoms with E-state index in [9.17, 15) is 19.2 Å². The summed E-state index contributed by atoms with van der Waals surface area (Å²) < 4.78 is 28.4. The van der Waals surface area contributed by atoms with Crippen LogP contribution in [0.5, 0.6) is 23.0 Å². The van der Waals surface area contributed by atoms with Crippen LogP contribution in [0.4, 0.5) is 5.13 Å². The number of carbonyl (C=O) groups is 4. The second-order valence-electron chi connectivity index (χ2n) is 13.6. The predicted octanol–water partition coefficient (Wildman–Crippen LogP) is 8.31. The first kappa shape index (κ1) is 40.6. The molecular weight excluding hydrogens is 723 g/mol. The average Bonchev–Trinajstić information content (AvgIpc) is 3.63. The van der Waals surface area contributed by atoms with Gasteiger partial charge in [-0.2, -0.15) is 5.10 Å². The van der Waals surface area contributed by atoms with E-state index in [2.05, 4.69) is 20.4 Å². The lowest BCUT2D eigenvalue weighted by atomic mass is 9.82. The molecule has 0 aliphatic heterocycles. The van der Waals surface area contributed by atoms with Gasteiger partial charge >= 0.3 is 17.9 Å². The van der Waals surface area contributed by atoms with E-state index in [1.54, 1.807) is 48.7 Å². The maximum Gasteiger partial charge on any atom is 0.330 e.